The van der Waals surface area contributed by atoms with Crippen LogP contribution in [0.4, 0.5) is 4.39 Å². The van der Waals surface area contributed by atoms with E-state index in [-0.39, 0.29) is 5.78 Å². The summed E-state index contributed by atoms with van der Waals surface area (Å²) in [6.07, 6.45) is 1.55. The molecule has 3 aromatic rings. The van der Waals surface area contributed by atoms with Gasteiger partial charge in [-0.05, 0) is 50.1 Å². The molecule has 96 valence electrons. The smallest absolute Gasteiger partial charge is 0.197 e. The Labute approximate surface area is 128 Å². The summed E-state index contributed by atoms with van der Waals surface area (Å²) in [4.78, 5) is 15.4. The Kier molecular flexibility index (Phi) is 3.32. The van der Waals surface area contributed by atoms with Crippen molar-refractivity contribution in [3.8, 4) is 0 Å². The van der Waals surface area contributed by atoms with Crippen LogP contribution >= 0.6 is 43.2 Å². The SMILES string of the molecule is O=C(c1cc(Br)sc1Br)c1c[nH]c2cccc(F)c12. The number of carbonyl (C=O) groups excluding carboxylic acids is 1. The van der Waals surface area contributed by atoms with Crippen LogP contribution in [0.1, 0.15) is 15.9 Å². The van der Waals surface area contributed by atoms with Gasteiger partial charge >= 0.3 is 0 Å². The Hall–Kier alpha value is -0.980. The van der Waals surface area contributed by atoms with Crippen molar-refractivity contribution in [2.45, 2.75) is 0 Å². The van der Waals surface area contributed by atoms with Crippen molar-refractivity contribution >= 4 is 59.9 Å². The molecule has 0 unspecified atom stereocenters. The van der Waals surface area contributed by atoms with Crippen molar-refractivity contribution in [3.05, 3.63) is 55.0 Å². The number of hydrogen-bond acceptors (Lipinski definition) is 2. The van der Waals surface area contributed by atoms with E-state index >= 15 is 0 Å². The zero-order chi connectivity index (χ0) is 13.6. The lowest BCUT2D eigenvalue weighted by Crippen LogP contribution is -2.00. The number of carbonyl (C=O) groups is 1. The van der Waals surface area contributed by atoms with E-state index in [1.54, 1.807) is 24.4 Å². The highest BCUT2D eigenvalue weighted by Crippen LogP contribution is 2.34. The predicted molar refractivity (Wildman–Crippen MR) is 81.4 cm³/mol. The highest BCUT2D eigenvalue weighted by Gasteiger charge is 2.20. The minimum absolute atomic E-state index is 0.204. The molecule has 0 amide bonds. The minimum Gasteiger partial charge on any atom is -0.360 e. The van der Waals surface area contributed by atoms with E-state index in [0.29, 0.717) is 22.0 Å². The number of aromatic amines is 1. The maximum Gasteiger partial charge on any atom is 0.197 e. The van der Waals surface area contributed by atoms with Crippen LogP contribution in [-0.4, -0.2) is 10.8 Å². The van der Waals surface area contributed by atoms with E-state index in [2.05, 4.69) is 36.8 Å². The van der Waals surface area contributed by atoms with Gasteiger partial charge in [-0.1, -0.05) is 6.07 Å². The zero-order valence-electron chi connectivity index (χ0n) is 9.34. The van der Waals surface area contributed by atoms with Gasteiger partial charge in [0.2, 0.25) is 0 Å². The predicted octanol–water partition coefficient (Wildman–Crippen LogP) is 5.12. The van der Waals surface area contributed by atoms with Gasteiger partial charge in [-0.25, -0.2) is 4.39 Å². The van der Waals surface area contributed by atoms with E-state index in [4.69, 9.17) is 0 Å². The van der Waals surface area contributed by atoms with E-state index in [1.165, 1.54) is 17.4 Å². The first kappa shape index (κ1) is 13.0. The summed E-state index contributed by atoms with van der Waals surface area (Å²) in [6, 6.07) is 6.44. The van der Waals surface area contributed by atoms with E-state index in [0.717, 1.165) is 7.57 Å². The first-order valence-corrected chi connectivity index (χ1v) is 7.73. The largest absolute Gasteiger partial charge is 0.360 e. The van der Waals surface area contributed by atoms with Gasteiger partial charge in [0.05, 0.1) is 13.1 Å². The molecule has 0 radical (unpaired) electrons. The molecule has 1 N–H and O–H groups in total. The van der Waals surface area contributed by atoms with Crippen molar-refractivity contribution in [2.75, 3.05) is 0 Å². The van der Waals surface area contributed by atoms with Crippen LogP contribution in [0.25, 0.3) is 10.9 Å². The molecular weight excluding hydrogens is 397 g/mol. The van der Waals surface area contributed by atoms with Gasteiger partial charge in [-0.3, -0.25) is 4.79 Å². The highest BCUT2D eigenvalue weighted by molar-refractivity contribution is 9.12. The number of fused-ring (bicyclic) bond motifs is 1. The number of benzene rings is 1. The lowest BCUT2D eigenvalue weighted by atomic mass is 10.1. The molecule has 1 aromatic carbocycles. The fraction of sp³-hybridized carbons (Fsp3) is 0. The monoisotopic (exact) mass is 401 g/mol. The van der Waals surface area contributed by atoms with Gasteiger partial charge in [0.15, 0.2) is 5.78 Å². The van der Waals surface area contributed by atoms with Crippen molar-refractivity contribution in [1.82, 2.24) is 4.98 Å². The van der Waals surface area contributed by atoms with Gasteiger partial charge in [-0.2, -0.15) is 0 Å². The molecule has 0 aliphatic rings. The molecule has 0 aliphatic carbocycles. The first-order valence-electron chi connectivity index (χ1n) is 5.33. The Balaban J connectivity index is 2.20. The van der Waals surface area contributed by atoms with Crippen molar-refractivity contribution in [1.29, 1.82) is 0 Å². The maximum absolute atomic E-state index is 13.9. The van der Waals surface area contributed by atoms with Crippen molar-refractivity contribution < 1.29 is 9.18 Å². The van der Waals surface area contributed by atoms with Gasteiger partial charge < -0.3 is 4.98 Å². The lowest BCUT2D eigenvalue weighted by molar-refractivity contribution is 0.104. The number of nitrogens with one attached hydrogen (secondary N) is 1. The molecule has 0 saturated heterocycles. The summed E-state index contributed by atoms with van der Waals surface area (Å²) in [6.45, 7) is 0. The third-order valence-electron chi connectivity index (χ3n) is 2.80. The van der Waals surface area contributed by atoms with Crippen LogP contribution in [0, 0.1) is 5.82 Å². The second-order valence-electron chi connectivity index (χ2n) is 3.93. The molecule has 2 aromatic heterocycles. The zero-order valence-corrected chi connectivity index (χ0v) is 13.3. The molecule has 0 spiro atoms. The van der Waals surface area contributed by atoms with Gasteiger partial charge in [0.25, 0.3) is 0 Å². The summed E-state index contributed by atoms with van der Waals surface area (Å²) in [5, 5.41) is 0.335. The topological polar surface area (TPSA) is 32.9 Å². The summed E-state index contributed by atoms with van der Waals surface area (Å²) >= 11 is 8.10. The van der Waals surface area contributed by atoms with Crippen molar-refractivity contribution in [3.63, 3.8) is 0 Å². The average molecular weight is 403 g/mol. The number of rotatable bonds is 2. The van der Waals surface area contributed by atoms with Gasteiger partial charge in [0.1, 0.15) is 5.82 Å². The molecule has 19 heavy (non-hydrogen) atoms. The summed E-state index contributed by atoms with van der Waals surface area (Å²) < 4.78 is 15.5. The highest BCUT2D eigenvalue weighted by atomic mass is 79.9. The Morgan fingerprint density at radius 3 is 2.74 bits per heavy atom. The molecule has 0 bridgehead atoms. The normalized spacial score (nSPS) is 11.1. The molecule has 0 fully saturated rings. The maximum atomic E-state index is 13.9. The third kappa shape index (κ3) is 2.17. The lowest BCUT2D eigenvalue weighted by Gasteiger charge is -1.99. The fourth-order valence-electron chi connectivity index (χ4n) is 1.96. The van der Waals surface area contributed by atoms with Crippen LogP contribution in [0.5, 0.6) is 0 Å². The van der Waals surface area contributed by atoms with Crippen LogP contribution in [0.3, 0.4) is 0 Å². The number of halogens is 3. The molecule has 6 heteroatoms. The third-order valence-corrected chi connectivity index (χ3v) is 5.14. The Morgan fingerprint density at radius 1 is 1.26 bits per heavy atom. The molecular formula is C13H6Br2FNOS. The molecule has 0 atom stereocenters. The minimum atomic E-state index is -0.396. The van der Waals surface area contributed by atoms with Crippen LogP contribution in [0.15, 0.2) is 38.0 Å². The summed E-state index contributed by atoms with van der Waals surface area (Å²) in [5.74, 6) is -0.599. The van der Waals surface area contributed by atoms with E-state index < -0.39 is 5.82 Å². The van der Waals surface area contributed by atoms with Crippen LogP contribution < -0.4 is 0 Å². The Bertz CT molecular complexity index is 793. The second-order valence-corrected chi connectivity index (χ2v) is 7.68. The number of hydrogen-bond donors (Lipinski definition) is 1. The number of aromatic nitrogens is 1. The van der Waals surface area contributed by atoms with Gasteiger partial charge in [0, 0.05) is 22.7 Å². The summed E-state index contributed by atoms with van der Waals surface area (Å²) in [7, 11) is 0. The second kappa shape index (κ2) is 4.85. The fourth-order valence-corrected chi connectivity index (χ4v) is 4.75. The summed E-state index contributed by atoms with van der Waals surface area (Å²) in [5.41, 5.74) is 1.49. The average Bonchev–Trinajstić information content (AvgIpc) is 2.93. The Morgan fingerprint density at radius 2 is 2.05 bits per heavy atom. The van der Waals surface area contributed by atoms with Crippen molar-refractivity contribution in [2.24, 2.45) is 0 Å². The molecule has 0 saturated carbocycles. The molecule has 2 heterocycles. The number of thiophene rings is 1. The molecule has 3 rings (SSSR count). The number of ketones is 1. The van der Waals surface area contributed by atoms with Crippen LogP contribution in [-0.2, 0) is 0 Å². The molecule has 2 nitrogen and oxygen atoms in total. The number of H-pyrrole nitrogens is 1. The first-order chi connectivity index (χ1) is 9.08. The van der Waals surface area contributed by atoms with Crippen LogP contribution in [0.2, 0.25) is 0 Å². The standard InChI is InChI=1S/C13H6Br2FNOS/c14-10-4-6(13(15)19-10)12(18)7-5-17-9-3-1-2-8(16)11(7)9/h1-5,17H. The van der Waals surface area contributed by atoms with E-state index in [1.807, 2.05) is 0 Å². The molecule has 0 aliphatic heterocycles. The van der Waals surface area contributed by atoms with E-state index in [9.17, 15) is 9.18 Å². The quantitative estimate of drug-likeness (QED) is 0.592. The van der Waals surface area contributed by atoms with Gasteiger partial charge in [-0.15, -0.1) is 11.3 Å².